The fourth-order valence-corrected chi connectivity index (χ4v) is 3.26. The Morgan fingerprint density at radius 1 is 0.786 bits per heavy atom. The zero-order chi connectivity index (χ0) is 19.2. The molecule has 1 aliphatic rings. The minimum atomic E-state index is 0.819. The first kappa shape index (κ1) is 18.1. The molecule has 4 heteroatoms. The van der Waals surface area contributed by atoms with Gasteiger partial charge in [-0.1, -0.05) is 48.0 Å². The molecule has 3 aromatic carbocycles. The van der Waals surface area contributed by atoms with Gasteiger partial charge in [-0.3, -0.25) is 5.01 Å². The van der Waals surface area contributed by atoms with Crippen molar-refractivity contribution >= 4 is 11.9 Å². The monoisotopic (exact) mass is 371 g/mol. The Morgan fingerprint density at radius 2 is 1.50 bits per heavy atom. The molecule has 28 heavy (non-hydrogen) atoms. The number of anilines is 1. The van der Waals surface area contributed by atoms with Crippen LogP contribution in [0.5, 0.6) is 11.5 Å². The number of rotatable bonds is 5. The maximum absolute atomic E-state index is 5.90. The maximum Gasteiger partial charge on any atom is 0.128 e. The zero-order valence-corrected chi connectivity index (χ0v) is 16.2. The van der Waals surface area contributed by atoms with Crippen LogP contribution in [0.1, 0.15) is 11.1 Å². The van der Waals surface area contributed by atoms with Crippen LogP contribution in [0.15, 0.2) is 84.0 Å². The second-order valence-electron chi connectivity index (χ2n) is 7.01. The van der Waals surface area contributed by atoms with Gasteiger partial charge in [0.1, 0.15) is 11.5 Å². The van der Waals surface area contributed by atoms with Gasteiger partial charge in [-0.2, -0.15) is 5.10 Å². The Morgan fingerprint density at radius 3 is 2.25 bits per heavy atom. The van der Waals surface area contributed by atoms with Crippen LogP contribution in [-0.4, -0.2) is 37.4 Å². The van der Waals surface area contributed by atoms with Crippen molar-refractivity contribution in [3.63, 3.8) is 0 Å². The number of hydrazone groups is 1. The summed E-state index contributed by atoms with van der Waals surface area (Å²) in [7, 11) is 0. The Bertz CT molecular complexity index is 914. The minimum absolute atomic E-state index is 0.819. The highest BCUT2D eigenvalue weighted by Gasteiger charge is 2.15. The van der Waals surface area contributed by atoms with Gasteiger partial charge in [0.05, 0.1) is 19.3 Å². The molecule has 0 amide bonds. The van der Waals surface area contributed by atoms with Crippen LogP contribution in [-0.2, 0) is 0 Å². The van der Waals surface area contributed by atoms with Crippen molar-refractivity contribution in [1.82, 2.24) is 5.01 Å². The topological polar surface area (TPSA) is 28.1 Å². The fourth-order valence-electron chi connectivity index (χ4n) is 3.26. The second-order valence-corrected chi connectivity index (χ2v) is 7.01. The molecule has 0 spiro atoms. The molecule has 0 radical (unpaired) electrons. The van der Waals surface area contributed by atoms with E-state index >= 15 is 0 Å². The highest BCUT2D eigenvalue weighted by molar-refractivity contribution is 5.80. The highest BCUT2D eigenvalue weighted by atomic mass is 16.5. The van der Waals surface area contributed by atoms with E-state index in [1.165, 1.54) is 11.3 Å². The quantitative estimate of drug-likeness (QED) is 0.595. The van der Waals surface area contributed by atoms with Crippen LogP contribution in [0.2, 0.25) is 0 Å². The van der Waals surface area contributed by atoms with Crippen LogP contribution in [0.3, 0.4) is 0 Å². The number of ether oxygens (including phenoxy) is 1. The number of aryl methyl sites for hydroxylation is 1. The maximum atomic E-state index is 5.90. The largest absolute Gasteiger partial charge is 0.457 e. The van der Waals surface area contributed by atoms with Gasteiger partial charge in [-0.25, -0.2) is 0 Å². The third-order valence-electron chi connectivity index (χ3n) is 4.86. The van der Waals surface area contributed by atoms with Crippen LogP contribution in [0, 0.1) is 6.92 Å². The van der Waals surface area contributed by atoms with Gasteiger partial charge >= 0.3 is 0 Å². The Labute approximate surface area is 166 Å². The molecular weight excluding hydrogens is 346 g/mol. The summed E-state index contributed by atoms with van der Waals surface area (Å²) in [5.74, 6) is 1.66. The average Bonchev–Trinajstić information content (AvgIpc) is 2.74. The van der Waals surface area contributed by atoms with Gasteiger partial charge in [0.15, 0.2) is 0 Å². The van der Waals surface area contributed by atoms with Gasteiger partial charge in [0.2, 0.25) is 0 Å². The van der Waals surface area contributed by atoms with E-state index in [9.17, 15) is 0 Å². The van der Waals surface area contributed by atoms with E-state index in [1.54, 1.807) is 0 Å². The predicted molar refractivity (Wildman–Crippen MR) is 116 cm³/mol. The number of benzene rings is 3. The van der Waals surface area contributed by atoms with Crippen molar-refractivity contribution < 1.29 is 4.74 Å². The fraction of sp³-hybridized carbons (Fsp3) is 0.208. The number of para-hydroxylation sites is 1. The smallest absolute Gasteiger partial charge is 0.128 e. The van der Waals surface area contributed by atoms with Gasteiger partial charge in [0, 0.05) is 18.8 Å². The minimum Gasteiger partial charge on any atom is -0.457 e. The third-order valence-corrected chi connectivity index (χ3v) is 4.86. The molecule has 3 aromatic rings. The second kappa shape index (κ2) is 8.61. The molecule has 4 nitrogen and oxygen atoms in total. The van der Waals surface area contributed by atoms with Crippen LogP contribution in [0.25, 0.3) is 0 Å². The van der Waals surface area contributed by atoms with Crippen molar-refractivity contribution in [2.24, 2.45) is 5.10 Å². The number of piperazine rings is 1. The molecule has 0 bridgehead atoms. The van der Waals surface area contributed by atoms with E-state index in [0.29, 0.717) is 0 Å². The van der Waals surface area contributed by atoms with Crippen molar-refractivity contribution in [2.45, 2.75) is 6.92 Å². The summed E-state index contributed by atoms with van der Waals surface area (Å²) in [5.41, 5.74) is 3.62. The standard InChI is InChI=1S/C24H25N3O/c1-20-10-12-22(13-11-20)26-14-16-27(17-15-26)25-19-21-6-5-9-24(18-21)28-23-7-3-2-4-8-23/h2-13,18-19H,14-17H2,1H3. The van der Waals surface area contributed by atoms with Gasteiger partial charge in [-0.05, 0) is 48.9 Å². The summed E-state index contributed by atoms with van der Waals surface area (Å²) in [6.45, 7) is 5.93. The van der Waals surface area contributed by atoms with E-state index in [-0.39, 0.29) is 0 Å². The number of hydrogen-bond donors (Lipinski definition) is 0. The average molecular weight is 371 g/mol. The van der Waals surface area contributed by atoms with Gasteiger partial charge < -0.3 is 9.64 Å². The van der Waals surface area contributed by atoms with Crippen molar-refractivity contribution in [2.75, 3.05) is 31.1 Å². The lowest BCUT2D eigenvalue weighted by molar-refractivity contribution is 0.272. The van der Waals surface area contributed by atoms with Crippen LogP contribution >= 0.6 is 0 Å². The zero-order valence-electron chi connectivity index (χ0n) is 16.2. The van der Waals surface area contributed by atoms with Crippen LogP contribution < -0.4 is 9.64 Å². The Hall–Kier alpha value is -3.27. The number of nitrogens with zero attached hydrogens (tertiary/aromatic N) is 3. The van der Waals surface area contributed by atoms with Gasteiger partial charge in [-0.15, -0.1) is 0 Å². The normalized spacial score (nSPS) is 14.5. The Balaban J connectivity index is 1.33. The van der Waals surface area contributed by atoms with Crippen molar-refractivity contribution in [3.05, 3.63) is 90.0 Å². The summed E-state index contributed by atoms with van der Waals surface area (Å²) in [6.07, 6.45) is 1.92. The van der Waals surface area contributed by atoms with E-state index in [2.05, 4.69) is 46.2 Å². The first-order valence-electron chi connectivity index (χ1n) is 9.70. The molecule has 0 atom stereocenters. The molecule has 0 unspecified atom stereocenters. The lowest BCUT2D eigenvalue weighted by Gasteiger charge is -2.34. The number of hydrogen-bond acceptors (Lipinski definition) is 4. The van der Waals surface area contributed by atoms with E-state index in [0.717, 1.165) is 43.2 Å². The lowest BCUT2D eigenvalue weighted by Crippen LogP contribution is -2.44. The molecule has 0 aliphatic carbocycles. The van der Waals surface area contributed by atoms with Crippen LogP contribution in [0.4, 0.5) is 5.69 Å². The molecule has 0 saturated carbocycles. The highest BCUT2D eigenvalue weighted by Crippen LogP contribution is 2.21. The Kier molecular flexibility index (Phi) is 5.57. The molecule has 1 heterocycles. The third kappa shape index (κ3) is 4.71. The first-order valence-corrected chi connectivity index (χ1v) is 9.70. The first-order chi connectivity index (χ1) is 13.8. The molecule has 1 fully saturated rings. The van der Waals surface area contributed by atoms with E-state index in [4.69, 9.17) is 4.74 Å². The van der Waals surface area contributed by atoms with Gasteiger partial charge in [0.25, 0.3) is 0 Å². The molecule has 0 aromatic heterocycles. The molecular formula is C24H25N3O. The molecule has 1 saturated heterocycles. The molecule has 1 aliphatic heterocycles. The van der Waals surface area contributed by atoms with E-state index in [1.807, 2.05) is 60.8 Å². The summed E-state index contributed by atoms with van der Waals surface area (Å²) in [4.78, 5) is 2.42. The molecule has 142 valence electrons. The summed E-state index contributed by atoms with van der Waals surface area (Å²) >= 11 is 0. The molecule has 0 N–H and O–H groups in total. The lowest BCUT2D eigenvalue weighted by atomic mass is 10.2. The summed E-state index contributed by atoms with van der Waals surface area (Å²) in [6, 6.07) is 26.6. The van der Waals surface area contributed by atoms with E-state index < -0.39 is 0 Å². The summed E-state index contributed by atoms with van der Waals surface area (Å²) in [5, 5.41) is 6.80. The molecule has 4 rings (SSSR count). The summed E-state index contributed by atoms with van der Waals surface area (Å²) < 4.78 is 5.90. The van der Waals surface area contributed by atoms with Crippen molar-refractivity contribution in [3.8, 4) is 11.5 Å². The van der Waals surface area contributed by atoms with Crippen molar-refractivity contribution in [1.29, 1.82) is 0 Å². The predicted octanol–water partition coefficient (Wildman–Crippen LogP) is 4.94. The SMILES string of the molecule is Cc1ccc(N2CCN(N=Cc3cccc(Oc4ccccc4)c3)CC2)cc1.